The summed E-state index contributed by atoms with van der Waals surface area (Å²) >= 11 is 0. The number of rotatable bonds is 7. The molecule has 35 heavy (non-hydrogen) atoms. The van der Waals surface area contributed by atoms with E-state index in [-0.39, 0.29) is 28.7 Å². The molecule has 4 atom stereocenters. The maximum absolute atomic E-state index is 12.9. The monoisotopic (exact) mass is 499 g/mol. The van der Waals surface area contributed by atoms with E-state index in [2.05, 4.69) is 10.0 Å². The summed E-state index contributed by atoms with van der Waals surface area (Å²) in [5.41, 5.74) is 1.08. The van der Waals surface area contributed by atoms with Gasteiger partial charge in [-0.1, -0.05) is 6.42 Å². The zero-order chi connectivity index (χ0) is 24.6. The van der Waals surface area contributed by atoms with Gasteiger partial charge in [0.2, 0.25) is 15.9 Å². The van der Waals surface area contributed by atoms with Crippen molar-refractivity contribution >= 4 is 27.5 Å². The second kappa shape index (κ2) is 9.78. The molecule has 5 rings (SSSR count). The largest absolute Gasteiger partial charge is 0.472 e. The third-order valence-electron chi connectivity index (χ3n) is 8.13. The second-order valence-electron chi connectivity index (χ2n) is 10.3. The van der Waals surface area contributed by atoms with Crippen molar-refractivity contribution in [2.45, 2.75) is 56.4 Å². The van der Waals surface area contributed by atoms with Crippen LogP contribution < -0.4 is 10.0 Å². The van der Waals surface area contributed by atoms with E-state index in [1.54, 1.807) is 23.1 Å². The molecule has 3 aliphatic rings. The van der Waals surface area contributed by atoms with Crippen molar-refractivity contribution in [3.05, 3.63) is 48.4 Å². The van der Waals surface area contributed by atoms with E-state index in [9.17, 15) is 18.0 Å². The van der Waals surface area contributed by atoms with E-state index in [0.29, 0.717) is 49.0 Å². The fourth-order valence-corrected chi connectivity index (χ4v) is 7.48. The third kappa shape index (κ3) is 5.16. The smallest absolute Gasteiger partial charge is 0.257 e. The maximum atomic E-state index is 12.9. The lowest BCUT2D eigenvalue weighted by molar-refractivity contribution is -0.121. The van der Waals surface area contributed by atoms with Gasteiger partial charge in [-0.3, -0.25) is 9.59 Å². The Morgan fingerprint density at radius 3 is 2.37 bits per heavy atom. The average molecular weight is 500 g/mol. The van der Waals surface area contributed by atoms with E-state index in [1.165, 1.54) is 43.9 Å². The SMILES string of the molecule is C[C@@H](NS(=O)(=O)c1ccc(NC(=O)C2CCN(C(=O)c3ccoc3)CC2)cc1)[C@@H]1C[C@H]2CC[C@H]1C2. The molecule has 3 fully saturated rings. The highest BCUT2D eigenvalue weighted by atomic mass is 32.2. The lowest BCUT2D eigenvalue weighted by Gasteiger charge is -2.31. The predicted octanol–water partition coefficient (Wildman–Crippen LogP) is 3.87. The van der Waals surface area contributed by atoms with Crippen molar-refractivity contribution in [3.63, 3.8) is 0 Å². The molecular weight excluding hydrogens is 466 g/mol. The highest BCUT2D eigenvalue weighted by Crippen LogP contribution is 2.49. The van der Waals surface area contributed by atoms with Gasteiger partial charge >= 0.3 is 0 Å². The maximum Gasteiger partial charge on any atom is 0.257 e. The number of piperidine rings is 1. The Morgan fingerprint density at radius 2 is 1.77 bits per heavy atom. The van der Waals surface area contributed by atoms with Gasteiger partial charge < -0.3 is 14.6 Å². The number of carbonyl (C=O) groups is 2. The van der Waals surface area contributed by atoms with E-state index >= 15 is 0 Å². The van der Waals surface area contributed by atoms with Crippen LogP contribution in [0.25, 0.3) is 0 Å². The summed E-state index contributed by atoms with van der Waals surface area (Å²) in [5.74, 6) is 1.44. The highest BCUT2D eigenvalue weighted by Gasteiger charge is 2.42. The van der Waals surface area contributed by atoms with Crippen LogP contribution in [0.3, 0.4) is 0 Å². The molecule has 2 heterocycles. The molecule has 1 aliphatic heterocycles. The van der Waals surface area contributed by atoms with Gasteiger partial charge in [0.25, 0.3) is 5.91 Å². The summed E-state index contributed by atoms with van der Waals surface area (Å²) < 4.78 is 33.7. The third-order valence-corrected chi connectivity index (χ3v) is 9.70. The van der Waals surface area contributed by atoms with Crippen LogP contribution in [-0.2, 0) is 14.8 Å². The molecule has 9 heteroatoms. The lowest BCUT2D eigenvalue weighted by atomic mass is 9.84. The number of nitrogens with zero attached hydrogens (tertiary/aromatic N) is 1. The standard InChI is InChI=1S/C26H33N3O5S/c1-17(24-15-18-2-3-20(24)14-18)28-35(32,33)23-6-4-22(5-7-23)27-25(30)19-8-11-29(12-9-19)26(31)21-10-13-34-16-21/h4-7,10,13,16-20,24,28H,2-3,8-9,11-12,14-15H2,1H3,(H,27,30)/t17-,18+,20+,24+/m1/s1. The quantitative estimate of drug-likeness (QED) is 0.601. The Hall–Kier alpha value is -2.65. The van der Waals surface area contributed by atoms with Crippen LogP contribution in [0.15, 0.2) is 52.2 Å². The van der Waals surface area contributed by atoms with Crippen LogP contribution in [0, 0.1) is 23.7 Å². The normalized spacial score (nSPS) is 25.5. The number of sulfonamides is 1. The van der Waals surface area contributed by atoms with Gasteiger partial charge in [0.1, 0.15) is 6.26 Å². The first-order chi connectivity index (χ1) is 16.8. The average Bonchev–Trinajstić information content (AvgIpc) is 3.63. The molecule has 2 aliphatic carbocycles. The molecule has 2 aromatic rings. The van der Waals surface area contributed by atoms with Crippen LogP contribution in [0.2, 0.25) is 0 Å². The van der Waals surface area contributed by atoms with E-state index in [1.807, 2.05) is 6.92 Å². The topological polar surface area (TPSA) is 109 Å². The summed E-state index contributed by atoms with van der Waals surface area (Å²) in [6.45, 7) is 2.99. The van der Waals surface area contributed by atoms with Crippen molar-refractivity contribution in [2.24, 2.45) is 23.7 Å². The Bertz CT molecular complexity index is 1150. The predicted molar refractivity (Wildman–Crippen MR) is 131 cm³/mol. The number of benzene rings is 1. The Morgan fingerprint density at radius 1 is 1.03 bits per heavy atom. The van der Waals surface area contributed by atoms with Gasteiger partial charge in [-0.2, -0.15) is 0 Å². The summed E-state index contributed by atoms with van der Waals surface area (Å²) in [4.78, 5) is 27.1. The molecule has 2 N–H and O–H groups in total. The zero-order valence-corrected chi connectivity index (χ0v) is 20.8. The van der Waals surface area contributed by atoms with Gasteiger partial charge in [-0.25, -0.2) is 13.1 Å². The number of fused-ring (bicyclic) bond motifs is 2. The number of furan rings is 1. The highest BCUT2D eigenvalue weighted by molar-refractivity contribution is 7.89. The fraction of sp³-hybridized carbons (Fsp3) is 0.538. The summed E-state index contributed by atoms with van der Waals surface area (Å²) in [6, 6.07) is 7.90. The van der Waals surface area contributed by atoms with Gasteiger partial charge in [0.15, 0.2) is 0 Å². The number of nitrogens with one attached hydrogen (secondary N) is 2. The van der Waals surface area contributed by atoms with Gasteiger partial charge in [0.05, 0.1) is 16.7 Å². The number of carbonyl (C=O) groups excluding carboxylic acids is 2. The van der Waals surface area contributed by atoms with Gasteiger partial charge in [-0.15, -0.1) is 0 Å². The molecule has 1 aromatic carbocycles. The molecule has 1 saturated heterocycles. The first-order valence-corrected chi connectivity index (χ1v) is 14.0. The first-order valence-electron chi connectivity index (χ1n) is 12.5. The van der Waals surface area contributed by atoms with Crippen molar-refractivity contribution in [1.29, 1.82) is 0 Å². The fourth-order valence-electron chi connectivity index (χ4n) is 6.18. The van der Waals surface area contributed by atoms with E-state index < -0.39 is 10.0 Å². The Balaban J connectivity index is 1.13. The van der Waals surface area contributed by atoms with E-state index in [4.69, 9.17) is 4.42 Å². The number of amides is 2. The number of hydrogen-bond acceptors (Lipinski definition) is 5. The Kier molecular flexibility index (Phi) is 6.72. The molecule has 0 unspecified atom stereocenters. The van der Waals surface area contributed by atoms with Gasteiger partial charge in [0, 0.05) is 30.7 Å². The van der Waals surface area contributed by atoms with Crippen LogP contribution in [0.1, 0.15) is 55.8 Å². The number of anilines is 1. The minimum Gasteiger partial charge on any atom is -0.472 e. The molecule has 0 radical (unpaired) electrons. The van der Waals surface area contributed by atoms with E-state index in [0.717, 1.165) is 12.3 Å². The minimum atomic E-state index is -3.62. The molecule has 188 valence electrons. The van der Waals surface area contributed by atoms with Crippen molar-refractivity contribution in [1.82, 2.24) is 9.62 Å². The molecule has 8 nitrogen and oxygen atoms in total. The van der Waals surface area contributed by atoms with Crippen molar-refractivity contribution < 1.29 is 22.4 Å². The van der Waals surface area contributed by atoms with Crippen LogP contribution in [0.5, 0.6) is 0 Å². The molecule has 2 amide bonds. The minimum absolute atomic E-state index is 0.0825. The lowest BCUT2D eigenvalue weighted by Crippen LogP contribution is -2.41. The number of hydrogen-bond donors (Lipinski definition) is 2. The summed E-state index contributed by atoms with van der Waals surface area (Å²) in [6.07, 6.45) is 8.92. The zero-order valence-electron chi connectivity index (χ0n) is 20.0. The van der Waals surface area contributed by atoms with Crippen LogP contribution in [-0.4, -0.2) is 44.3 Å². The number of likely N-dealkylation sites (tertiary alicyclic amines) is 1. The van der Waals surface area contributed by atoms with Gasteiger partial charge in [-0.05, 0) is 87.1 Å². The summed E-state index contributed by atoms with van der Waals surface area (Å²) in [7, 11) is -3.62. The van der Waals surface area contributed by atoms with Crippen LogP contribution in [0.4, 0.5) is 5.69 Å². The summed E-state index contributed by atoms with van der Waals surface area (Å²) in [5, 5.41) is 2.89. The first kappa shape index (κ1) is 24.1. The van der Waals surface area contributed by atoms with Crippen molar-refractivity contribution in [2.75, 3.05) is 18.4 Å². The van der Waals surface area contributed by atoms with Crippen LogP contribution >= 0.6 is 0 Å². The molecule has 2 bridgehead atoms. The molecule has 0 spiro atoms. The molecule has 2 saturated carbocycles. The Labute approximate surface area is 206 Å². The second-order valence-corrected chi connectivity index (χ2v) is 12.1. The molecular formula is C26H33N3O5S. The van der Waals surface area contributed by atoms with Crippen molar-refractivity contribution in [3.8, 4) is 0 Å². The molecule has 1 aromatic heterocycles.